The third-order valence-corrected chi connectivity index (χ3v) is 3.88. The van der Waals surface area contributed by atoms with Crippen LogP contribution in [0.3, 0.4) is 0 Å². The fourth-order valence-corrected chi connectivity index (χ4v) is 2.55. The molecule has 0 aliphatic rings. The Hall–Kier alpha value is -4.01. The lowest BCUT2D eigenvalue weighted by Gasteiger charge is -1.98. The first kappa shape index (κ1) is 16.5. The molecular weight excluding hydrogens is 352 g/mol. The van der Waals surface area contributed by atoms with Gasteiger partial charge < -0.3 is 14.2 Å². The lowest BCUT2D eigenvalue weighted by molar-refractivity contribution is -0.384. The van der Waals surface area contributed by atoms with E-state index in [1.54, 1.807) is 6.07 Å². The minimum atomic E-state index is -0.540. The minimum Gasteiger partial charge on any atom is -0.451 e. The monoisotopic (exact) mass is 364 g/mol. The van der Waals surface area contributed by atoms with Gasteiger partial charge in [0.2, 0.25) is 5.82 Å². The second kappa shape index (κ2) is 6.71. The number of nitro benzene ring substituents is 1. The van der Waals surface area contributed by atoms with Crippen LogP contribution in [0, 0.1) is 10.1 Å². The van der Waals surface area contributed by atoms with E-state index >= 15 is 0 Å². The lowest BCUT2D eigenvalue weighted by Crippen LogP contribution is -2.05. The molecule has 0 saturated carbocycles. The van der Waals surface area contributed by atoms with E-state index in [1.807, 2.05) is 24.3 Å². The van der Waals surface area contributed by atoms with Gasteiger partial charge in [-0.3, -0.25) is 10.1 Å². The normalized spacial score (nSPS) is 10.8. The van der Waals surface area contributed by atoms with Gasteiger partial charge in [-0.05, 0) is 24.3 Å². The van der Waals surface area contributed by atoms with E-state index in [4.69, 9.17) is 9.26 Å². The summed E-state index contributed by atoms with van der Waals surface area (Å²) in [6, 6.07) is 14.9. The molecular formula is C18H12N4O5. The van der Waals surface area contributed by atoms with Crippen molar-refractivity contribution in [3.05, 3.63) is 76.3 Å². The number of ether oxygens (including phenoxy) is 1. The van der Waals surface area contributed by atoms with Crippen molar-refractivity contribution in [3.8, 4) is 11.4 Å². The summed E-state index contributed by atoms with van der Waals surface area (Å²) in [5, 5.41) is 15.4. The largest absolute Gasteiger partial charge is 0.451 e. The number of para-hydroxylation sites is 1. The van der Waals surface area contributed by atoms with Gasteiger partial charge in [-0.15, -0.1) is 0 Å². The maximum Gasteiger partial charge on any atom is 0.355 e. The number of aromatic amines is 1. The molecule has 0 fully saturated rings. The van der Waals surface area contributed by atoms with Crippen molar-refractivity contribution < 1.29 is 19.0 Å². The average molecular weight is 364 g/mol. The lowest BCUT2D eigenvalue weighted by atomic mass is 10.2. The maximum atomic E-state index is 12.2. The Balaban J connectivity index is 1.43. The van der Waals surface area contributed by atoms with Crippen LogP contribution in [0.25, 0.3) is 22.3 Å². The Morgan fingerprint density at radius 3 is 2.70 bits per heavy atom. The van der Waals surface area contributed by atoms with Crippen molar-refractivity contribution in [2.45, 2.75) is 6.61 Å². The van der Waals surface area contributed by atoms with Gasteiger partial charge in [-0.1, -0.05) is 23.4 Å². The number of nitrogens with one attached hydrogen (secondary N) is 1. The standard InChI is InChI=1S/C18H12N4O5/c23-18(15-9-12-3-1-2-4-14(12)19-15)26-10-16-20-17(21-27-16)11-5-7-13(8-6-11)22(24)25/h1-9,19H,10H2. The number of carbonyl (C=O) groups excluding carboxylic acids is 1. The van der Waals surface area contributed by atoms with E-state index < -0.39 is 10.9 Å². The molecule has 0 saturated heterocycles. The number of fused-ring (bicyclic) bond motifs is 1. The van der Waals surface area contributed by atoms with Gasteiger partial charge >= 0.3 is 5.97 Å². The summed E-state index contributed by atoms with van der Waals surface area (Å²) >= 11 is 0. The Labute approximate surface area is 151 Å². The molecule has 9 nitrogen and oxygen atoms in total. The first-order valence-corrected chi connectivity index (χ1v) is 7.92. The second-order valence-corrected chi connectivity index (χ2v) is 5.66. The summed E-state index contributed by atoms with van der Waals surface area (Å²) in [6.07, 6.45) is 0. The SMILES string of the molecule is O=C(OCc1nc(-c2ccc([N+](=O)[O-])cc2)no1)c1cc2ccccc2[nH]1. The number of H-pyrrole nitrogens is 1. The van der Waals surface area contributed by atoms with Crippen molar-refractivity contribution in [2.24, 2.45) is 0 Å². The topological polar surface area (TPSA) is 124 Å². The predicted octanol–water partition coefficient (Wildman–Crippen LogP) is 3.48. The van der Waals surface area contributed by atoms with Crippen molar-refractivity contribution >= 4 is 22.6 Å². The smallest absolute Gasteiger partial charge is 0.355 e. The highest BCUT2D eigenvalue weighted by atomic mass is 16.6. The van der Waals surface area contributed by atoms with E-state index in [1.165, 1.54) is 24.3 Å². The zero-order chi connectivity index (χ0) is 18.8. The molecule has 2 aromatic heterocycles. The number of rotatable bonds is 5. The van der Waals surface area contributed by atoms with Gasteiger partial charge in [0.15, 0.2) is 6.61 Å². The zero-order valence-corrected chi connectivity index (χ0v) is 13.8. The number of nitrogens with zero attached hydrogens (tertiary/aromatic N) is 3. The molecule has 0 bridgehead atoms. The van der Waals surface area contributed by atoms with Crippen LogP contribution in [-0.2, 0) is 11.3 Å². The van der Waals surface area contributed by atoms with Crippen LogP contribution in [0.4, 0.5) is 5.69 Å². The molecule has 0 aliphatic carbocycles. The van der Waals surface area contributed by atoms with Gasteiger partial charge in [0.1, 0.15) is 5.69 Å². The van der Waals surface area contributed by atoms with E-state index in [0.717, 1.165) is 10.9 Å². The number of hydrogen-bond donors (Lipinski definition) is 1. The Morgan fingerprint density at radius 1 is 1.19 bits per heavy atom. The minimum absolute atomic E-state index is 0.0327. The number of benzene rings is 2. The van der Waals surface area contributed by atoms with Gasteiger partial charge in [0.25, 0.3) is 11.6 Å². The summed E-state index contributed by atoms with van der Waals surface area (Å²) in [5.74, 6) is -0.171. The number of nitro groups is 1. The zero-order valence-electron chi connectivity index (χ0n) is 13.8. The van der Waals surface area contributed by atoms with Crippen molar-refractivity contribution in [1.29, 1.82) is 0 Å². The van der Waals surface area contributed by atoms with Crippen LogP contribution >= 0.6 is 0 Å². The van der Waals surface area contributed by atoms with Gasteiger partial charge in [0, 0.05) is 28.6 Å². The number of non-ortho nitro benzene ring substituents is 1. The molecule has 0 radical (unpaired) electrons. The van der Waals surface area contributed by atoms with Crippen molar-refractivity contribution in [1.82, 2.24) is 15.1 Å². The van der Waals surface area contributed by atoms with Gasteiger partial charge in [-0.2, -0.15) is 4.98 Å². The number of hydrogen-bond acceptors (Lipinski definition) is 7. The molecule has 0 spiro atoms. The molecule has 134 valence electrons. The van der Waals surface area contributed by atoms with Crippen LogP contribution in [0.15, 0.2) is 59.1 Å². The van der Waals surface area contributed by atoms with Crippen molar-refractivity contribution in [3.63, 3.8) is 0 Å². The third-order valence-electron chi connectivity index (χ3n) is 3.88. The van der Waals surface area contributed by atoms with E-state index in [2.05, 4.69) is 15.1 Å². The van der Waals surface area contributed by atoms with Crippen LogP contribution in [0.1, 0.15) is 16.4 Å². The van der Waals surface area contributed by atoms with Crippen LogP contribution in [0.5, 0.6) is 0 Å². The molecule has 0 atom stereocenters. The first-order chi connectivity index (χ1) is 13.1. The average Bonchev–Trinajstić information content (AvgIpc) is 3.33. The van der Waals surface area contributed by atoms with Gasteiger partial charge in [-0.25, -0.2) is 4.79 Å². The molecule has 0 amide bonds. The Bertz CT molecular complexity index is 1100. The van der Waals surface area contributed by atoms with Crippen molar-refractivity contribution in [2.75, 3.05) is 0 Å². The van der Waals surface area contributed by atoms with Gasteiger partial charge in [0.05, 0.1) is 4.92 Å². The van der Waals surface area contributed by atoms with Crippen LogP contribution in [0.2, 0.25) is 0 Å². The molecule has 0 aliphatic heterocycles. The number of esters is 1. The molecule has 4 aromatic rings. The van der Waals surface area contributed by atoms with Crippen LogP contribution < -0.4 is 0 Å². The Morgan fingerprint density at radius 2 is 1.96 bits per heavy atom. The molecule has 2 heterocycles. The fraction of sp³-hybridized carbons (Fsp3) is 0.0556. The fourth-order valence-electron chi connectivity index (χ4n) is 2.55. The molecule has 9 heteroatoms. The predicted molar refractivity (Wildman–Crippen MR) is 93.8 cm³/mol. The quantitative estimate of drug-likeness (QED) is 0.326. The molecule has 0 unspecified atom stereocenters. The summed E-state index contributed by atoms with van der Waals surface area (Å²) in [7, 11) is 0. The van der Waals surface area contributed by atoms with Crippen LogP contribution in [-0.4, -0.2) is 26.0 Å². The molecule has 27 heavy (non-hydrogen) atoms. The number of aromatic nitrogens is 3. The summed E-state index contributed by atoms with van der Waals surface area (Å²) in [5.41, 5.74) is 1.68. The number of carbonyl (C=O) groups is 1. The molecule has 2 aromatic carbocycles. The third kappa shape index (κ3) is 3.38. The second-order valence-electron chi connectivity index (χ2n) is 5.66. The Kier molecular flexibility index (Phi) is 4.09. The maximum absolute atomic E-state index is 12.2. The highest BCUT2D eigenvalue weighted by Crippen LogP contribution is 2.20. The highest BCUT2D eigenvalue weighted by Gasteiger charge is 2.15. The highest BCUT2D eigenvalue weighted by molar-refractivity contribution is 5.94. The first-order valence-electron chi connectivity index (χ1n) is 7.92. The van der Waals surface area contributed by atoms with E-state index in [-0.39, 0.29) is 24.0 Å². The summed E-state index contributed by atoms with van der Waals surface area (Å²) < 4.78 is 10.2. The molecule has 1 N–H and O–H groups in total. The summed E-state index contributed by atoms with van der Waals surface area (Å²) in [4.78, 5) is 29.5. The molecule has 4 rings (SSSR count). The van der Waals surface area contributed by atoms with E-state index in [9.17, 15) is 14.9 Å². The van der Waals surface area contributed by atoms with E-state index in [0.29, 0.717) is 11.3 Å². The summed E-state index contributed by atoms with van der Waals surface area (Å²) in [6.45, 7) is -0.186.